The number of benzene rings is 3. The van der Waals surface area contributed by atoms with Crippen molar-refractivity contribution in [3.63, 3.8) is 0 Å². The van der Waals surface area contributed by atoms with E-state index in [4.69, 9.17) is 0 Å². The van der Waals surface area contributed by atoms with Crippen LogP contribution < -0.4 is 5.32 Å². The monoisotopic (exact) mass is 569 g/mol. The normalized spacial score (nSPS) is 15.4. The maximum absolute atomic E-state index is 13.4. The van der Waals surface area contributed by atoms with Crippen molar-refractivity contribution in [2.75, 3.05) is 37.2 Å². The van der Waals surface area contributed by atoms with Crippen molar-refractivity contribution in [3.05, 3.63) is 100 Å². The molecule has 0 bridgehead atoms. The lowest BCUT2D eigenvalue weighted by molar-refractivity contribution is -0.129. The lowest BCUT2D eigenvalue weighted by atomic mass is 10.1. The molecule has 1 aliphatic heterocycles. The van der Waals surface area contributed by atoms with E-state index in [0.717, 1.165) is 41.8 Å². The highest BCUT2D eigenvalue weighted by atomic mass is 79.9. The fraction of sp³-hybridized carbons (Fsp3) is 0.321. The molecule has 1 heterocycles. The summed E-state index contributed by atoms with van der Waals surface area (Å²) in [7, 11) is -3.61. The summed E-state index contributed by atoms with van der Waals surface area (Å²) >= 11 is 3.54. The zero-order valence-electron chi connectivity index (χ0n) is 20.3. The summed E-state index contributed by atoms with van der Waals surface area (Å²) in [5.74, 6) is -1.01. The van der Waals surface area contributed by atoms with Crippen LogP contribution in [0.1, 0.15) is 23.1 Å². The second kappa shape index (κ2) is 12.5. The van der Waals surface area contributed by atoms with E-state index in [1.165, 1.54) is 5.56 Å². The highest BCUT2D eigenvalue weighted by Gasteiger charge is 2.24. The molecule has 1 aliphatic rings. The number of carbonyl (C=O) groups is 1. The van der Waals surface area contributed by atoms with Crippen LogP contribution in [0.5, 0.6) is 0 Å². The smallest absolute Gasteiger partial charge is 0.238 e. The van der Waals surface area contributed by atoms with Gasteiger partial charge in [0.15, 0.2) is 9.84 Å². The third-order valence-electron chi connectivity index (χ3n) is 6.26. The van der Waals surface area contributed by atoms with Gasteiger partial charge in [-0.2, -0.15) is 0 Å². The summed E-state index contributed by atoms with van der Waals surface area (Å²) in [5.41, 5.74) is 3.85. The van der Waals surface area contributed by atoms with Crippen molar-refractivity contribution in [3.8, 4) is 0 Å². The Morgan fingerprint density at radius 1 is 0.889 bits per heavy atom. The Hall–Kier alpha value is -2.68. The van der Waals surface area contributed by atoms with E-state index in [9.17, 15) is 13.2 Å². The molecule has 36 heavy (non-hydrogen) atoms. The van der Waals surface area contributed by atoms with E-state index in [-0.39, 0.29) is 11.7 Å². The van der Waals surface area contributed by atoms with Crippen LogP contribution >= 0.6 is 15.9 Å². The van der Waals surface area contributed by atoms with Crippen molar-refractivity contribution in [1.82, 2.24) is 9.80 Å². The molecule has 0 spiro atoms. The number of hydrogen-bond acceptors (Lipinski definition) is 5. The molecule has 8 heteroatoms. The predicted molar refractivity (Wildman–Crippen MR) is 148 cm³/mol. The predicted octanol–water partition coefficient (Wildman–Crippen LogP) is 4.71. The van der Waals surface area contributed by atoms with Gasteiger partial charge in [-0.05, 0) is 41.3 Å². The number of carbonyl (C=O) groups excluding carboxylic acids is 1. The Bertz CT molecular complexity index is 1250. The molecule has 0 saturated heterocycles. The van der Waals surface area contributed by atoms with Crippen LogP contribution in [0.25, 0.3) is 0 Å². The SMILES string of the molecule is O=C(CS(=O)(=O)Cc1ccccc1)N1CCN(Cc2ccccc2)CCCNc2ccc(Br)cc2C1. The maximum atomic E-state index is 13.4. The molecule has 0 aliphatic carbocycles. The van der Waals surface area contributed by atoms with Gasteiger partial charge >= 0.3 is 0 Å². The number of hydrogen-bond donors (Lipinski definition) is 1. The quantitative estimate of drug-likeness (QED) is 0.465. The van der Waals surface area contributed by atoms with Crippen molar-refractivity contribution < 1.29 is 13.2 Å². The Balaban J connectivity index is 1.54. The number of nitrogens with zero attached hydrogens (tertiary/aromatic N) is 2. The molecule has 0 atom stereocenters. The molecule has 190 valence electrons. The van der Waals surface area contributed by atoms with Crippen molar-refractivity contribution in [1.29, 1.82) is 0 Å². The van der Waals surface area contributed by atoms with Gasteiger partial charge in [0.05, 0.1) is 5.75 Å². The topological polar surface area (TPSA) is 69.7 Å². The van der Waals surface area contributed by atoms with Crippen molar-refractivity contribution in [2.45, 2.75) is 25.3 Å². The van der Waals surface area contributed by atoms with Crippen LogP contribution in [0.3, 0.4) is 0 Å². The summed E-state index contributed by atoms with van der Waals surface area (Å²) < 4.78 is 26.7. The summed E-state index contributed by atoms with van der Waals surface area (Å²) in [5, 5.41) is 3.51. The first-order chi connectivity index (χ1) is 17.4. The van der Waals surface area contributed by atoms with Crippen LogP contribution in [0, 0.1) is 0 Å². The second-order valence-corrected chi connectivity index (χ2v) is 12.2. The molecule has 6 nitrogen and oxygen atoms in total. The van der Waals surface area contributed by atoms with Gasteiger partial charge in [0, 0.05) is 49.4 Å². The number of rotatable bonds is 6. The van der Waals surface area contributed by atoms with E-state index in [1.54, 1.807) is 17.0 Å². The van der Waals surface area contributed by atoms with Crippen LogP contribution in [0.15, 0.2) is 83.3 Å². The Labute approximate surface area is 222 Å². The zero-order chi connectivity index (χ0) is 25.4. The molecule has 0 fully saturated rings. The molecular weight excluding hydrogens is 538 g/mol. The number of amides is 1. The molecule has 0 radical (unpaired) electrons. The molecule has 1 N–H and O–H groups in total. The van der Waals surface area contributed by atoms with Crippen molar-refractivity contribution in [2.24, 2.45) is 0 Å². The summed E-state index contributed by atoms with van der Waals surface area (Å²) in [6.45, 7) is 3.96. The fourth-order valence-electron chi connectivity index (χ4n) is 4.42. The number of halogens is 1. The van der Waals surface area contributed by atoms with Crippen molar-refractivity contribution >= 4 is 37.4 Å². The largest absolute Gasteiger partial charge is 0.385 e. The molecule has 1 amide bonds. The number of anilines is 1. The van der Waals surface area contributed by atoms with Crippen LogP contribution in [-0.4, -0.2) is 56.1 Å². The van der Waals surface area contributed by atoms with Crippen LogP contribution in [0.4, 0.5) is 5.69 Å². The molecule has 0 saturated carbocycles. The van der Waals surface area contributed by atoms with Gasteiger partial charge in [0.1, 0.15) is 5.75 Å². The van der Waals surface area contributed by atoms with Crippen LogP contribution in [0.2, 0.25) is 0 Å². The van der Waals surface area contributed by atoms with E-state index in [1.807, 2.05) is 54.6 Å². The summed E-state index contributed by atoms with van der Waals surface area (Å²) in [4.78, 5) is 17.4. The molecule has 3 aromatic rings. The molecule has 0 unspecified atom stereocenters. The van der Waals surface area contributed by atoms with Gasteiger partial charge in [-0.15, -0.1) is 0 Å². The Morgan fingerprint density at radius 2 is 1.58 bits per heavy atom. The third kappa shape index (κ3) is 7.91. The van der Waals surface area contributed by atoms with Gasteiger partial charge in [0.25, 0.3) is 0 Å². The molecular formula is C28H32BrN3O3S. The minimum atomic E-state index is -3.61. The maximum Gasteiger partial charge on any atom is 0.238 e. The number of sulfone groups is 1. The van der Waals surface area contributed by atoms with Gasteiger partial charge in [-0.25, -0.2) is 8.42 Å². The average Bonchev–Trinajstić information content (AvgIpc) is 2.89. The zero-order valence-corrected chi connectivity index (χ0v) is 22.7. The summed E-state index contributed by atoms with van der Waals surface area (Å²) in [6, 6.07) is 25.3. The van der Waals surface area contributed by atoms with Gasteiger partial charge in [-0.3, -0.25) is 9.69 Å². The lowest BCUT2D eigenvalue weighted by Crippen LogP contribution is -2.41. The van der Waals surface area contributed by atoms with E-state index in [0.29, 0.717) is 25.2 Å². The van der Waals surface area contributed by atoms with E-state index in [2.05, 4.69) is 38.3 Å². The minimum Gasteiger partial charge on any atom is -0.385 e. The van der Waals surface area contributed by atoms with E-state index < -0.39 is 15.6 Å². The first kappa shape index (κ1) is 26.4. The molecule has 0 aromatic heterocycles. The Morgan fingerprint density at radius 3 is 2.31 bits per heavy atom. The molecule has 4 rings (SSSR count). The van der Waals surface area contributed by atoms with Gasteiger partial charge < -0.3 is 10.2 Å². The Kier molecular flexibility index (Phi) is 9.18. The standard InChI is InChI=1S/C28H32BrN3O3S/c29-26-12-13-27-25(18-26)20-32(28(33)22-36(34,35)21-24-10-5-2-6-11-24)17-16-31(15-7-14-30-27)19-23-8-3-1-4-9-23/h1-6,8-13,18,30H,7,14-17,19-22H2. The molecule has 3 aromatic carbocycles. The average molecular weight is 571 g/mol. The van der Waals surface area contributed by atoms with Gasteiger partial charge in [-0.1, -0.05) is 76.6 Å². The second-order valence-electron chi connectivity index (χ2n) is 9.18. The lowest BCUT2D eigenvalue weighted by Gasteiger charge is -2.28. The highest BCUT2D eigenvalue weighted by molar-refractivity contribution is 9.10. The number of nitrogens with one attached hydrogen (secondary N) is 1. The first-order valence-electron chi connectivity index (χ1n) is 12.2. The minimum absolute atomic E-state index is 0.142. The van der Waals surface area contributed by atoms with E-state index >= 15 is 0 Å². The highest BCUT2D eigenvalue weighted by Crippen LogP contribution is 2.24. The fourth-order valence-corrected chi connectivity index (χ4v) is 6.19. The number of fused-ring (bicyclic) bond motifs is 1. The third-order valence-corrected chi connectivity index (χ3v) is 8.21. The van der Waals surface area contributed by atoms with Gasteiger partial charge in [0.2, 0.25) is 5.91 Å². The first-order valence-corrected chi connectivity index (χ1v) is 14.8. The summed E-state index contributed by atoms with van der Waals surface area (Å²) in [6.07, 6.45) is 0.960. The van der Waals surface area contributed by atoms with Crippen LogP contribution in [-0.2, 0) is 33.5 Å².